The zero-order chi connectivity index (χ0) is 8.15. The highest BCUT2D eigenvalue weighted by molar-refractivity contribution is 5.17. The van der Waals surface area contributed by atoms with Gasteiger partial charge in [-0.2, -0.15) is 0 Å². The van der Waals surface area contributed by atoms with E-state index in [2.05, 4.69) is 25.8 Å². The van der Waals surface area contributed by atoms with Crippen LogP contribution in [-0.2, 0) is 0 Å². The van der Waals surface area contributed by atoms with E-state index in [0.29, 0.717) is 0 Å². The third kappa shape index (κ3) is 2.53. The van der Waals surface area contributed by atoms with E-state index in [1.165, 1.54) is 13.1 Å². The maximum Gasteiger partial charge on any atom is 0.0193 e. The minimum Gasteiger partial charge on any atom is -0.299 e. The molecule has 0 aromatic carbocycles. The van der Waals surface area contributed by atoms with Crippen LogP contribution in [-0.4, -0.2) is 25.0 Å². The highest BCUT2D eigenvalue weighted by Crippen LogP contribution is 2.12. The van der Waals surface area contributed by atoms with Crippen molar-refractivity contribution in [1.82, 2.24) is 4.90 Å². The van der Waals surface area contributed by atoms with Gasteiger partial charge < -0.3 is 0 Å². The average molecular weight is 141 g/mol. The van der Waals surface area contributed by atoms with Crippen LogP contribution in [0.2, 0.25) is 0 Å². The summed E-state index contributed by atoms with van der Waals surface area (Å²) in [7, 11) is 2.15. The van der Waals surface area contributed by atoms with Crippen LogP contribution in [0.1, 0.15) is 27.7 Å². The summed E-state index contributed by atoms with van der Waals surface area (Å²) < 4.78 is 0. The van der Waals surface area contributed by atoms with Gasteiger partial charge in [0.1, 0.15) is 0 Å². The zero-order valence-corrected chi connectivity index (χ0v) is 7.86. The fourth-order valence-corrected chi connectivity index (χ4v) is 1.14. The second kappa shape index (κ2) is 4.51. The van der Waals surface area contributed by atoms with Crippen LogP contribution in [0.25, 0.3) is 0 Å². The van der Waals surface area contributed by atoms with Crippen LogP contribution in [0.4, 0.5) is 0 Å². The molecule has 0 radical (unpaired) electrons. The Labute approximate surface area is 64.7 Å². The molecule has 1 aliphatic heterocycles. The second-order valence-electron chi connectivity index (χ2n) is 2.73. The van der Waals surface area contributed by atoms with Crippen molar-refractivity contribution in [2.24, 2.45) is 0 Å². The van der Waals surface area contributed by atoms with Crippen LogP contribution in [0.3, 0.4) is 0 Å². The van der Waals surface area contributed by atoms with Gasteiger partial charge in [-0.1, -0.05) is 25.0 Å². The molecule has 0 spiro atoms. The molecule has 0 bridgehead atoms. The standard InChI is InChI=1S/C7H13N.C2H6/c1-6-4-8(3)5-7(6)2;1-2/h4-5H2,1-3H3;1-2H3. The molecule has 0 fully saturated rings. The van der Waals surface area contributed by atoms with Gasteiger partial charge in [-0.3, -0.25) is 4.90 Å². The lowest BCUT2D eigenvalue weighted by Gasteiger charge is -2.04. The Morgan fingerprint density at radius 2 is 1.30 bits per heavy atom. The summed E-state index contributed by atoms with van der Waals surface area (Å²) in [6, 6.07) is 0. The molecule has 1 aliphatic rings. The van der Waals surface area contributed by atoms with Gasteiger partial charge in [-0.05, 0) is 20.9 Å². The molecule has 10 heavy (non-hydrogen) atoms. The van der Waals surface area contributed by atoms with E-state index in [-0.39, 0.29) is 0 Å². The van der Waals surface area contributed by atoms with Gasteiger partial charge in [0.15, 0.2) is 0 Å². The lowest BCUT2D eigenvalue weighted by Crippen LogP contribution is -2.13. The molecule has 0 aromatic rings. The van der Waals surface area contributed by atoms with E-state index >= 15 is 0 Å². The molecule has 1 heteroatoms. The third-order valence-electron chi connectivity index (χ3n) is 1.74. The average Bonchev–Trinajstić information content (AvgIpc) is 2.16. The van der Waals surface area contributed by atoms with Crippen LogP contribution >= 0.6 is 0 Å². The van der Waals surface area contributed by atoms with Crippen LogP contribution in [0.15, 0.2) is 11.1 Å². The summed E-state index contributed by atoms with van der Waals surface area (Å²) in [6.07, 6.45) is 0. The van der Waals surface area contributed by atoms with Gasteiger partial charge in [0.2, 0.25) is 0 Å². The monoisotopic (exact) mass is 141 g/mol. The third-order valence-corrected chi connectivity index (χ3v) is 1.74. The van der Waals surface area contributed by atoms with Crippen molar-refractivity contribution in [3.05, 3.63) is 11.1 Å². The second-order valence-corrected chi connectivity index (χ2v) is 2.73. The maximum atomic E-state index is 2.32. The summed E-state index contributed by atoms with van der Waals surface area (Å²) in [5.41, 5.74) is 3.10. The van der Waals surface area contributed by atoms with E-state index in [4.69, 9.17) is 0 Å². The van der Waals surface area contributed by atoms with Crippen molar-refractivity contribution in [2.45, 2.75) is 27.7 Å². The van der Waals surface area contributed by atoms with Gasteiger partial charge >= 0.3 is 0 Å². The number of likely N-dealkylation sites (N-methyl/N-ethyl adjacent to an activating group) is 1. The summed E-state index contributed by atoms with van der Waals surface area (Å²) in [4.78, 5) is 2.32. The van der Waals surface area contributed by atoms with Gasteiger partial charge in [0.25, 0.3) is 0 Å². The first-order valence-electron chi connectivity index (χ1n) is 4.04. The van der Waals surface area contributed by atoms with Gasteiger partial charge in [-0.15, -0.1) is 0 Å². The fraction of sp³-hybridized carbons (Fsp3) is 0.778. The van der Waals surface area contributed by atoms with Crippen molar-refractivity contribution in [2.75, 3.05) is 20.1 Å². The van der Waals surface area contributed by atoms with Crippen molar-refractivity contribution in [3.63, 3.8) is 0 Å². The minimum absolute atomic E-state index is 1.17. The number of hydrogen-bond acceptors (Lipinski definition) is 1. The molecule has 0 saturated carbocycles. The lowest BCUT2D eigenvalue weighted by atomic mass is 10.2. The molecule has 0 N–H and O–H groups in total. The van der Waals surface area contributed by atoms with E-state index in [1.807, 2.05) is 13.8 Å². The Hall–Kier alpha value is -0.300. The van der Waals surface area contributed by atoms with Crippen molar-refractivity contribution >= 4 is 0 Å². The highest BCUT2D eigenvalue weighted by Gasteiger charge is 2.09. The predicted molar refractivity (Wildman–Crippen MR) is 47.2 cm³/mol. The first-order valence-corrected chi connectivity index (χ1v) is 4.04. The largest absolute Gasteiger partial charge is 0.299 e. The Morgan fingerprint density at radius 3 is 1.40 bits per heavy atom. The number of rotatable bonds is 0. The maximum absolute atomic E-state index is 2.32. The van der Waals surface area contributed by atoms with Gasteiger partial charge in [-0.25, -0.2) is 0 Å². The molecule has 60 valence electrons. The predicted octanol–water partition coefficient (Wildman–Crippen LogP) is 2.29. The van der Waals surface area contributed by atoms with Crippen LogP contribution in [0.5, 0.6) is 0 Å². The summed E-state index contributed by atoms with van der Waals surface area (Å²) >= 11 is 0. The fourth-order valence-electron chi connectivity index (χ4n) is 1.14. The normalized spacial score (nSPS) is 18.9. The zero-order valence-electron chi connectivity index (χ0n) is 7.86. The Bertz CT molecular complexity index is 111. The molecule has 0 aliphatic carbocycles. The molecule has 1 heterocycles. The quantitative estimate of drug-likeness (QED) is 0.468. The van der Waals surface area contributed by atoms with E-state index in [0.717, 1.165) is 0 Å². The molecule has 0 aromatic heterocycles. The van der Waals surface area contributed by atoms with E-state index < -0.39 is 0 Å². The smallest absolute Gasteiger partial charge is 0.0193 e. The Morgan fingerprint density at radius 1 is 1.00 bits per heavy atom. The molecule has 1 rings (SSSR count). The highest BCUT2D eigenvalue weighted by atomic mass is 15.1. The molecule has 0 amide bonds. The van der Waals surface area contributed by atoms with Gasteiger partial charge in [0.05, 0.1) is 0 Å². The van der Waals surface area contributed by atoms with Crippen molar-refractivity contribution < 1.29 is 0 Å². The SMILES string of the molecule is CC.CC1=C(C)CN(C)C1. The molecular weight excluding hydrogens is 122 g/mol. The van der Waals surface area contributed by atoms with E-state index in [1.54, 1.807) is 11.1 Å². The summed E-state index contributed by atoms with van der Waals surface area (Å²) in [5, 5.41) is 0. The number of nitrogens with zero attached hydrogens (tertiary/aromatic N) is 1. The molecule has 0 atom stereocenters. The van der Waals surface area contributed by atoms with Gasteiger partial charge in [0, 0.05) is 13.1 Å². The summed E-state index contributed by atoms with van der Waals surface area (Å²) in [5.74, 6) is 0. The minimum atomic E-state index is 1.17. The van der Waals surface area contributed by atoms with E-state index in [9.17, 15) is 0 Å². The Balaban J connectivity index is 0.000000371. The molecule has 0 unspecified atom stereocenters. The first kappa shape index (κ1) is 9.70. The Kier molecular flexibility index (Phi) is 4.37. The number of hydrogen-bond donors (Lipinski definition) is 0. The topological polar surface area (TPSA) is 3.24 Å². The first-order chi connectivity index (χ1) is 4.70. The van der Waals surface area contributed by atoms with Crippen LogP contribution < -0.4 is 0 Å². The lowest BCUT2D eigenvalue weighted by molar-refractivity contribution is 0.424. The molecule has 1 nitrogen and oxygen atoms in total. The molecular formula is C9H19N. The van der Waals surface area contributed by atoms with Crippen molar-refractivity contribution in [1.29, 1.82) is 0 Å². The van der Waals surface area contributed by atoms with Crippen molar-refractivity contribution in [3.8, 4) is 0 Å². The summed E-state index contributed by atoms with van der Waals surface area (Å²) in [6.45, 7) is 10.8. The van der Waals surface area contributed by atoms with Crippen LogP contribution in [0, 0.1) is 0 Å². The molecule has 0 saturated heterocycles.